The minimum Gasteiger partial charge on any atom is -0.336 e. The summed E-state index contributed by atoms with van der Waals surface area (Å²) in [5, 5.41) is 0.761. The fourth-order valence-electron chi connectivity index (χ4n) is 3.83. The van der Waals surface area contributed by atoms with E-state index in [9.17, 15) is 13.2 Å². The van der Waals surface area contributed by atoms with E-state index < -0.39 is 9.84 Å². The largest absolute Gasteiger partial charge is 0.336 e. The third kappa shape index (κ3) is 5.78. The summed E-state index contributed by atoms with van der Waals surface area (Å²) in [6, 6.07) is 19.0. The van der Waals surface area contributed by atoms with Crippen LogP contribution >= 0.6 is 22.9 Å². The number of sulfone groups is 1. The number of thiophene rings is 1. The molecule has 0 aliphatic carbocycles. The number of hydrogen-bond acceptors (Lipinski definition) is 5. The van der Waals surface area contributed by atoms with Gasteiger partial charge in [-0.15, -0.1) is 11.3 Å². The topological polar surface area (TPSA) is 57.7 Å². The number of carbonyl (C=O) groups excluding carboxylic acids is 1. The van der Waals surface area contributed by atoms with Gasteiger partial charge < -0.3 is 4.90 Å². The van der Waals surface area contributed by atoms with Gasteiger partial charge in [0.2, 0.25) is 0 Å². The number of benzene rings is 2. The molecular formula is C24H25ClN2O3S2. The Morgan fingerprint density at radius 3 is 2.31 bits per heavy atom. The van der Waals surface area contributed by atoms with Gasteiger partial charge in [-0.25, -0.2) is 8.42 Å². The van der Waals surface area contributed by atoms with Crippen LogP contribution in [0, 0.1) is 0 Å². The first-order valence-electron chi connectivity index (χ1n) is 10.4. The molecular weight excluding hydrogens is 464 g/mol. The molecule has 168 valence electrons. The Bertz CT molecular complexity index is 1200. The Kier molecular flexibility index (Phi) is 7.00. The fraction of sp³-hybridized carbons (Fsp3) is 0.292. The third-order valence-electron chi connectivity index (χ3n) is 5.47. The zero-order valence-corrected chi connectivity index (χ0v) is 20.2. The van der Waals surface area contributed by atoms with Crippen molar-refractivity contribution in [3.8, 4) is 10.4 Å². The van der Waals surface area contributed by atoms with Gasteiger partial charge >= 0.3 is 0 Å². The van der Waals surface area contributed by atoms with Crippen LogP contribution in [0.1, 0.15) is 20.8 Å². The van der Waals surface area contributed by atoms with Crippen LogP contribution in [0.3, 0.4) is 0 Å². The Morgan fingerprint density at radius 2 is 1.66 bits per heavy atom. The maximum absolute atomic E-state index is 12.8. The van der Waals surface area contributed by atoms with Crippen LogP contribution in [0.5, 0.6) is 0 Å². The van der Waals surface area contributed by atoms with Crippen LogP contribution in [-0.2, 0) is 22.1 Å². The lowest BCUT2D eigenvalue weighted by molar-refractivity contribution is 0.0629. The van der Waals surface area contributed by atoms with Gasteiger partial charge in [-0.05, 0) is 35.9 Å². The van der Waals surface area contributed by atoms with Gasteiger partial charge in [0.1, 0.15) is 0 Å². The molecule has 0 spiro atoms. The summed E-state index contributed by atoms with van der Waals surface area (Å²) in [6.07, 6.45) is 1.21. The van der Waals surface area contributed by atoms with Gasteiger partial charge in [-0.2, -0.15) is 0 Å². The van der Waals surface area contributed by atoms with Gasteiger partial charge in [-0.3, -0.25) is 9.69 Å². The lowest BCUT2D eigenvalue weighted by Gasteiger charge is -2.34. The summed E-state index contributed by atoms with van der Waals surface area (Å²) < 4.78 is 22.9. The zero-order valence-electron chi connectivity index (χ0n) is 17.8. The molecule has 0 saturated carbocycles. The highest BCUT2D eigenvalue weighted by Crippen LogP contribution is 2.33. The first kappa shape index (κ1) is 23.0. The van der Waals surface area contributed by atoms with E-state index in [1.54, 1.807) is 35.6 Å². The standard InChI is InChI=1S/C24H25ClN2O3S2/c1-32(29,30)17-18-6-8-19(9-7-18)24(28)27-14-12-26(13-15-27)16-20-10-11-23(31-20)21-4-2-3-5-22(21)25/h2-11H,12-17H2,1H3. The van der Waals surface area contributed by atoms with Crippen LogP contribution in [-0.4, -0.2) is 56.6 Å². The Hall–Kier alpha value is -2.19. The molecule has 5 nitrogen and oxygen atoms in total. The quantitative estimate of drug-likeness (QED) is 0.510. The van der Waals surface area contributed by atoms with E-state index in [0.717, 1.165) is 30.2 Å². The number of carbonyl (C=O) groups is 1. The van der Waals surface area contributed by atoms with Crippen LogP contribution in [0.25, 0.3) is 10.4 Å². The van der Waals surface area contributed by atoms with Crippen molar-refractivity contribution in [2.45, 2.75) is 12.3 Å². The normalized spacial score (nSPS) is 15.1. The predicted octanol–water partition coefficient (Wildman–Crippen LogP) is 4.57. The summed E-state index contributed by atoms with van der Waals surface area (Å²) in [5.74, 6) is -0.0196. The maximum Gasteiger partial charge on any atom is 0.253 e. The van der Waals surface area contributed by atoms with Gasteiger partial charge in [0.05, 0.1) is 5.75 Å². The second kappa shape index (κ2) is 9.75. The highest BCUT2D eigenvalue weighted by atomic mass is 35.5. The van der Waals surface area contributed by atoms with Crippen LogP contribution in [0.15, 0.2) is 60.7 Å². The summed E-state index contributed by atoms with van der Waals surface area (Å²) >= 11 is 8.08. The number of nitrogens with zero attached hydrogens (tertiary/aromatic N) is 2. The molecule has 0 radical (unpaired) electrons. The Labute approximate surface area is 198 Å². The molecule has 1 aliphatic heterocycles. The maximum atomic E-state index is 12.8. The van der Waals surface area contributed by atoms with Crippen molar-refractivity contribution >= 4 is 38.7 Å². The molecule has 0 N–H and O–H groups in total. The minimum atomic E-state index is -3.09. The van der Waals surface area contributed by atoms with Crippen molar-refractivity contribution in [1.82, 2.24) is 9.80 Å². The lowest BCUT2D eigenvalue weighted by Crippen LogP contribution is -2.48. The average Bonchev–Trinajstić information content (AvgIpc) is 3.22. The monoisotopic (exact) mass is 488 g/mol. The first-order chi connectivity index (χ1) is 15.3. The van der Waals surface area contributed by atoms with E-state index in [1.165, 1.54) is 16.0 Å². The van der Waals surface area contributed by atoms with Crippen molar-refractivity contribution in [1.29, 1.82) is 0 Å². The molecule has 4 rings (SSSR count). The van der Waals surface area contributed by atoms with E-state index >= 15 is 0 Å². The summed E-state index contributed by atoms with van der Waals surface area (Å²) in [5.41, 5.74) is 2.35. The molecule has 32 heavy (non-hydrogen) atoms. The van der Waals surface area contributed by atoms with Crippen LogP contribution in [0.2, 0.25) is 5.02 Å². The van der Waals surface area contributed by atoms with Gasteiger partial charge in [0, 0.05) is 64.9 Å². The number of hydrogen-bond donors (Lipinski definition) is 0. The number of rotatable bonds is 6. The molecule has 2 aromatic carbocycles. The molecule has 0 bridgehead atoms. The van der Waals surface area contributed by atoms with Crippen molar-refractivity contribution in [2.75, 3.05) is 32.4 Å². The number of amides is 1. The van der Waals surface area contributed by atoms with Gasteiger partial charge in [-0.1, -0.05) is 41.9 Å². The van der Waals surface area contributed by atoms with E-state index in [-0.39, 0.29) is 11.7 Å². The van der Waals surface area contributed by atoms with Crippen molar-refractivity contribution in [3.63, 3.8) is 0 Å². The van der Waals surface area contributed by atoms with Crippen molar-refractivity contribution in [2.24, 2.45) is 0 Å². The molecule has 1 fully saturated rings. The average molecular weight is 489 g/mol. The minimum absolute atomic E-state index is 0.00677. The molecule has 1 saturated heterocycles. The molecule has 1 amide bonds. The van der Waals surface area contributed by atoms with E-state index in [4.69, 9.17) is 11.6 Å². The molecule has 3 aromatic rings. The Morgan fingerprint density at radius 1 is 0.969 bits per heavy atom. The fourth-order valence-corrected chi connectivity index (χ4v) is 6.01. The molecule has 1 aromatic heterocycles. The second-order valence-electron chi connectivity index (χ2n) is 8.08. The summed E-state index contributed by atoms with van der Waals surface area (Å²) in [7, 11) is -3.09. The summed E-state index contributed by atoms with van der Waals surface area (Å²) in [4.78, 5) is 19.5. The third-order valence-corrected chi connectivity index (χ3v) is 7.76. The zero-order chi connectivity index (χ0) is 22.7. The molecule has 1 aliphatic rings. The van der Waals surface area contributed by atoms with Crippen LogP contribution in [0.4, 0.5) is 0 Å². The predicted molar refractivity (Wildman–Crippen MR) is 131 cm³/mol. The molecule has 8 heteroatoms. The molecule has 2 heterocycles. The number of piperazine rings is 1. The van der Waals surface area contributed by atoms with E-state index in [0.29, 0.717) is 24.2 Å². The highest BCUT2D eigenvalue weighted by molar-refractivity contribution is 7.89. The molecule has 0 atom stereocenters. The van der Waals surface area contributed by atoms with E-state index in [2.05, 4.69) is 17.0 Å². The lowest BCUT2D eigenvalue weighted by atomic mass is 10.1. The first-order valence-corrected chi connectivity index (χ1v) is 13.7. The second-order valence-corrected chi connectivity index (χ2v) is 11.8. The number of halogens is 1. The van der Waals surface area contributed by atoms with Gasteiger partial charge in [0.15, 0.2) is 9.84 Å². The summed E-state index contributed by atoms with van der Waals surface area (Å²) in [6.45, 7) is 3.84. The van der Waals surface area contributed by atoms with Gasteiger partial charge in [0.25, 0.3) is 5.91 Å². The SMILES string of the molecule is CS(=O)(=O)Cc1ccc(C(=O)N2CCN(Cc3ccc(-c4ccccc4Cl)s3)CC2)cc1. The van der Waals surface area contributed by atoms with Crippen molar-refractivity contribution in [3.05, 3.63) is 81.7 Å². The highest BCUT2D eigenvalue weighted by Gasteiger charge is 2.22. The van der Waals surface area contributed by atoms with E-state index in [1.807, 2.05) is 29.2 Å². The van der Waals surface area contributed by atoms with Crippen LogP contribution < -0.4 is 0 Å². The van der Waals surface area contributed by atoms with Crippen molar-refractivity contribution < 1.29 is 13.2 Å². The smallest absolute Gasteiger partial charge is 0.253 e. The Balaban J connectivity index is 1.32. The molecule has 0 unspecified atom stereocenters.